The monoisotopic (exact) mass is 484 g/mol. The van der Waals surface area contributed by atoms with Crippen molar-refractivity contribution in [3.8, 4) is 0 Å². The number of amides is 2. The van der Waals surface area contributed by atoms with Gasteiger partial charge in [0.25, 0.3) is 0 Å². The van der Waals surface area contributed by atoms with E-state index in [0.717, 1.165) is 11.1 Å². The molecule has 8 heteroatoms. The van der Waals surface area contributed by atoms with Crippen molar-refractivity contribution in [3.05, 3.63) is 69.5 Å². The van der Waals surface area contributed by atoms with Crippen LogP contribution in [0.5, 0.6) is 0 Å². The van der Waals surface area contributed by atoms with E-state index in [0.29, 0.717) is 22.2 Å². The normalized spacial score (nSPS) is 12.0. The zero-order valence-electron chi connectivity index (χ0n) is 17.8. The van der Waals surface area contributed by atoms with E-state index in [1.807, 2.05) is 26.8 Å². The quantitative estimate of drug-likeness (QED) is 0.470. The minimum Gasteiger partial charge on any atom is -0.352 e. The predicted molar refractivity (Wildman–Crippen MR) is 127 cm³/mol. The van der Waals surface area contributed by atoms with E-state index in [1.165, 1.54) is 23.9 Å². The lowest BCUT2D eigenvalue weighted by atomic mass is 10.1. The summed E-state index contributed by atoms with van der Waals surface area (Å²) in [6.45, 7) is 5.85. The summed E-state index contributed by atoms with van der Waals surface area (Å²) in [5, 5.41) is 4.00. The van der Waals surface area contributed by atoms with Gasteiger partial charge in [-0.15, -0.1) is 11.8 Å². The molecule has 1 atom stereocenters. The number of hydrogen-bond acceptors (Lipinski definition) is 3. The number of carbonyl (C=O) groups is 2. The van der Waals surface area contributed by atoms with Gasteiger partial charge in [-0.05, 0) is 55.7 Å². The van der Waals surface area contributed by atoms with Gasteiger partial charge in [0.05, 0.1) is 5.75 Å². The van der Waals surface area contributed by atoms with E-state index >= 15 is 0 Å². The van der Waals surface area contributed by atoms with Gasteiger partial charge in [-0.1, -0.05) is 48.3 Å². The van der Waals surface area contributed by atoms with E-state index in [4.69, 9.17) is 23.2 Å². The van der Waals surface area contributed by atoms with Crippen molar-refractivity contribution in [2.75, 3.05) is 5.75 Å². The van der Waals surface area contributed by atoms with Gasteiger partial charge in [-0.25, -0.2) is 4.39 Å². The topological polar surface area (TPSA) is 49.4 Å². The molecular formula is C23H27Cl2FN2O2S. The Morgan fingerprint density at radius 3 is 2.39 bits per heavy atom. The highest BCUT2D eigenvalue weighted by molar-refractivity contribution is 7.99. The second-order valence-electron chi connectivity index (χ2n) is 7.46. The van der Waals surface area contributed by atoms with Crippen molar-refractivity contribution in [2.24, 2.45) is 0 Å². The first-order valence-corrected chi connectivity index (χ1v) is 12.0. The maximum atomic E-state index is 13.3. The van der Waals surface area contributed by atoms with Crippen LogP contribution in [0.2, 0.25) is 10.0 Å². The van der Waals surface area contributed by atoms with Crippen LogP contribution in [0.15, 0.2) is 42.5 Å². The van der Waals surface area contributed by atoms with Gasteiger partial charge in [0, 0.05) is 28.4 Å². The van der Waals surface area contributed by atoms with Crippen molar-refractivity contribution < 1.29 is 14.0 Å². The molecule has 0 bridgehead atoms. The van der Waals surface area contributed by atoms with Crippen LogP contribution in [-0.4, -0.2) is 34.6 Å². The lowest BCUT2D eigenvalue weighted by Gasteiger charge is -2.31. The van der Waals surface area contributed by atoms with Gasteiger partial charge in [-0.3, -0.25) is 9.59 Å². The number of rotatable bonds is 10. The van der Waals surface area contributed by atoms with Gasteiger partial charge in [0.2, 0.25) is 11.8 Å². The number of thioether (sulfide) groups is 1. The molecule has 1 unspecified atom stereocenters. The molecule has 0 aliphatic carbocycles. The van der Waals surface area contributed by atoms with Crippen LogP contribution >= 0.6 is 35.0 Å². The zero-order valence-corrected chi connectivity index (χ0v) is 20.2. The molecule has 0 fully saturated rings. The largest absolute Gasteiger partial charge is 0.352 e. The summed E-state index contributed by atoms with van der Waals surface area (Å²) in [5.74, 6) is 0.0256. The smallest absolute Gasteiger partial charge is 0.243 e. The van der Waals surface area contributed by atoms with Gasteiger partial charge >= 0.3 is 0 Å². The van der Waals surface area contributed by atoms with E-state index in [2.05, 4.69) is 5.32 Å². The Bertz CT molecular complexity index is 894. The number of benzene rings is 2. The molecular weight excluding hydrogens is 458 g/mol. The Morgan fingerprint density at radius 2 is 1.81 bits per heavy atom. The Kier molecular flexibility index (Phi) is 10.1. The SMILES string of the molecule is CCC(C(=O)NC(C)C)N(Cc1ccc(F)cc1)C(=O)CSCc1ccc(Cl)cc1Cl. The molecule has 0 spiro atoms. The van der Waals surface area contributed by atoms with E-state index in [-0.39, 0.29) is 36.0 Å². The van der Waals surface area contributed by atoms with Gasteiger partial charge in [0.15, 0.2) is 0 Å². The maximum absolute atomic E-state index is 13.3. The summed E-state index contributed by atoms with van der Waals surface area (Å²) in [7, 11) is 0. The predicted octanol–water partition coefficient (Wildman–Crippen LogP) is 5.70. The third-order valence-corrected chi connectivity index (χ3v) is 6.13. The lowest BCUT2D eigenvalue weighted by molar-refractivity contribution is -0.139. The fourth-order valence-electron chi connectivity index (χ4n) is 3.06. The maximum Gasteiger partial charge on any atom is 0.243 e. The first-order chi connectivity index (χ1) is 14.7. The summed E-state index contributed by atoms with van der Waals surface area (Å²) in [4.78, 5) is 27.4. The average Bonchev–Trinajstić information content (AvgIpc) is 2.70. The van der Waals surface area contributed by atoms with Crippen LogP contribution in [0.4, 0.5) is 4.39 Å². The number of nitrogens with one attached hydrogen (secondary N) is 1. The molecule has 1 N–H and O–H groups in total. The molecule has 2 aromatic rings. The van der Waals surface area contributed by atoms with E-state index in [9.17, 15) is 14.0 Å². The van der Waals surface area contributed by atoms with Crippen LogP contribution in [0.3, 0.4) is 0 Å². The molecule has 0 aliphatic rings. The molecule has 0 saturated heterocycles. The Labute approximate surface area is 197 Å². The molecule has 0 aliphatic heterocycles. The standard InChI is InChI=1S/C23H27Cl2FN2O2S/c1-4-21(23(30)27-15(2)3)28(12-16-5-9-19(26)10-6-16)22(29)14-31-13-17-7-8-18(24)11-20(17)25/h5-11,15,21H,4,12-14H2,1-3H3,(H,27,30). The molecule has 31 heavy (non-hydrogen) atoms. The van der Waals surface area contributed by atoms with Crippen molar-refractivity contribution >= 4 is 46.8 Å². The summed E-state index contributed by atoms with van der Waals surface area (Å²) in [6.07, 6.45) is 0.471. The fraction of sp³-hybridized carbons (Fsp3) is 0.391. The van der Waals surface area contributed by atoms with E-state index in [1.54, 1.807) is 29.2 Å². The molecule has 4 nitrogen and oxygen atoms in total. The minimum atomic E-state index is -0.611. The zero-order chi connectivity index (χ0) is 23.0. The highest BCUT2D eigenvalue weighted by atomic mass is 35.5. The minimum absolute atomic E-state index is 0.0363. The van der Waals surface area contributed by atoms with Crippen LogP contribution in [-0.2, 0) is 21.9 Å². The average molecular weight is 485 g/mol. The summed E-state index contributed by atoms with van der Waals surface area (Å²) in [6, 6.07) is 10.6. The van der Waals surface area contributed by atoms with Crippen LogP contribution in [0, 0.1) is 5.82 Å². The highest BCUT2D eigenvalue weighted by Gasteiger charge is 2.28. The molecule has 0 heterocycles. The number of hydrogen-bond donors (Lipinski definition) is 1. The van der Waals surface area contributed by atoms with Crippen molar-refractivity contribution in [1.29, 1.82) is 0 Å². The molecule has 0 radical (unpaired) electrons. The number of nitrogens with zero attached hydrogens (tertiary/aromatic N) is 1. The molecule has 2 amide bonds. The Morgan fingerprint density at radius 1 is 1.13 bits per heavy atom. The van der Waals surface area contributed by atoms with Crippen molar-refractivity contribution in [3.63, 3.8) is 0 Å². The van der Waals surface area contributed by atoms with Gasteiger partial charge < -0.3 is 10.2 Å². The molecule has 0 aromatic heterocycles. The van der Waals surface area contributed by atoms with E-state index < -0.39 is 6.04 Å². The number of carbonyl (C=O) groups excluding carboxylic acids is 2. The second-order valence-corrected chi connectivity index (χ2v) is 9.29. The molecule has 2 aromatic carbocycles. The highest BCUT2D eigenvalue weighted by Crippen LogP contribution is 2.25. The third-order valence-electron chi connectivity index (χ3n) is 4.58. The van der Waals surface area contributed by atoms with Crippen LogP contribution in [0.1, 0.15) is 38.3 Å². The van der Waals surface area contributed by atoms with Gasteiger partial charge in [0.1, 0.15) is 11.9 Å². The van der Waals surface area contributed by atoms with Crippen molar-refractivity contribution in [2.45, 2.75) is 51.6 Å². The second kappa shape index (κ2) is 12.3. The lowest BCUT2D eigenvalue weighted by Crippen LogP contribution is -2.50. The summed E-state index contributed by atoms with van der Waals surface area (Å²) in [5.41, 5.74) is 1.65. The molecule has 2 rings (SSSR count). The molecule has 0 saturated carbocycles. The summed E-state index contributed by atoms with van der Waals surface area (Å²) >= 11 is 13.6. The third kappa shape index (κ3) is 8.02. The van der Waals surface area contributed by atoms with Crippen LogP contribution < -0.4 is 5.32 Å². The van der Waals surface area contributed by atoms with Gasteiger partial charge in [-0.2, -0.15) is 0 Å². The van der Waals surface area contributed by atoms with Crippen molar-refractivity contribution in [1.82, 2.24) is 10.2 Å². The fourth-order valence-corrected chi connectivity index (χ4v) is 4.53. The van der Waals surface area contributed by atoms with Crippen LogP contribution in [0.25, 0.3) is 0 Å². The number of halogens is 3. The Hall–Kier alpha value is -1.76. The Balaban J connectivity index is 2.13. The first-order valence-electron chi connectivity index (χ1n) is 10.1. The molecule has 168 valence electrons. The summed E-state index contributed by atoms with van der Waals surface area (Å²) < 4.78 is 13.3. The first kappa shape index (κ1) is 25.5.